The zero-order valence-electron chi connectivity index (χ0n) is 9.42. The summed E-state index contributed by atoms with van der Waals surface area (Å²) >= 11 is 5.79. The molecule has 0 aliphatic rings. The molecule has 0 aliphatic carbocycles. The number of urea groups is 1. The Morgan fingerprint density at radius 2 is 2.12 bits per heavy atom. The summed E-state index contributed by atoms with van der Waals surface area (Å²) in [5.41, 5.74) is 5.71. The third-order valence-corrected chi connectivity index (χ3v) is 2.27. The van der Waals surface area contributed by atoms with E-state index < -0.39 is 11.9 Å². The molecule has 6 heteroatoms. The molecule has 5 nitrogen and oxygen atoms in total. The number of anilines is 1. The number of primary amides is 1. The molecule has 0 aromatic heterocycles. The first-order valence-electron chi connectivity index (χ1n) is 5.18. The Balaban J connectivity index is 2.85. The van der Waals surface area contributed by atoms with Gasteiger partial charge in [0.05, 0.1) is 11.3 Å². The molecule has 0 atom stereocenters. The van der Waals surface area contributed by atoms with Gasteiger partial charge >= 0.3 is 6.03 Å². The number of halogens is 1. The quantitative estimate of drug-likeness (QED) is 0.768. The molecule has 3 amide bonds. The van der Waals surface area contributed by atoms with Crippen LogP contribution in [0.15, 0.2) is 18.2 Å². The van der Waals surface area contributed by atoms with E-state index in [-0.39, 0.29) is 5.56 Å². The first-order valence-corrected chi connectivity index (χ1v) is 5.56. The maximum absolute atomic E-state index is 11.4. The Kier molecular flexibility index (Phi) is 4.78. The highest BCUT2D eigenvalue weighted by Crippen LogP contribution is 2.20. The number of carbonyl (C=O) groups is 2. The molecule has 1 aromatic carbocycles. The number of rotatable bonds is 4. The lowest BCUT2D eigenvalue weighted by Gasteiger charge is -2.10. The summed E-state index contributed by atoms with van der Waals surface area (Å²) < 4.78 is 0. The monoisotopic (exact) mass is 255 g/mol. The van der Waals surface area contributed by atoms with Gasteiger partial charge in [0.25, 0.3) is 5.91 Å². The Labute approximate surface area is 104 Å². The van der Waals surface area contributed by atoms with Gasteiger partial charge < -0.3 is 16.4 Å². The van der Waals surface area contributed by atoms with Crippen molar-refractivity contribution >= 4 is 29.2 Å². The highest BCUT2D eigenvalue weighted by atomic mass is 35.5. The Hall–Kier alpha value is -1.75. The lowest BCUT2D eigenvalue weighted by Crippen LogP contribution is -2.30. The third kappa shape index (κ3) is 3.96. The van der Waals surface area contributed by atoms with Gasteiger partial charge in [0.15, 0.2) is 0 Å². The zero-order valence-corrected chi connectivity index (χ0v) is 10.2. The van der Waals surface area contributed by atoms with Crippen LogP contribution < -0.4 is 16.4 Å². The summed E-state index contributed by atoms with van der Waals surface area (Å²) in [4.78, 5) is 22.6. The van der Waals surface area contributed by atoms with Crippen molar-refractivity contribution in [3.63, 3.8) is 0 Å². The zero-order chi connectivity index (χ0) is 12.8. The van der Waals surface area contributed by atoms with Gasteiger partial charge in [-0.1, -0.05) is 18.5 Å². The molecule has 1 rings (SSSR count). The number of hydrogen-bond donors (Lipinski definition) is 3. The van der Waals surface area contributed by atoms with Crippen LogP contribution in [0.1, 0.15) is 23.7 Å². The molecule has 0 bridgehead atoms. The molecular weight excluding hydrogens is 242 g/mol. The van der Waals surface area contributed by atoms with Gasteiger partial charge in [0, 0.05) is 11.6 Å². The van der Waals surface area contributed by atoms with Crippen molar-refractivity contribution in [2.24, 2.45) is 5.73 Å². The lowest BCUT2D eigenvalue weighted by atomic mass is 10.1. The largest absolute Gasteiger partial charge is 0.366 e. The number of carbonyl (C=O) groups excluding carboxylic acids is 2. The van der Waals surface area contributed by atoms with Gasteiger partial charge in [-0.3, -0.25) is 4.79 Å². The third-order valence-electron chi connectivity index (χ3n) is 2.03. The Morgan fingerprint density at radius 1 is 1.41 bits per heavy atom. The molecule has 0 unspecified atom stereocenters. The molecule has 0 radical (unpaired) electrons. The molecule has 0 aliphatic heterocycles. The van der Waals surface area contributed by atoms with Crippen LogP contribution in [0.25, 0.3) is 0 Å². The van der Waals surface area contributed by atoms with Crippen LogP contribution in [0, 0.1) is 0 Å². The standard InChI is InChI=1S/C11H14ClN3O2/c1-2-5-14-11(17)15-9-6-7(12)3-4-8(9)10(13)16/h3-4,6H,2,5H2,1H3,(H2,13,16)(H2,14,15,17). The fourth-order valence-corrected chi connectivity index (χ4v) is 1.41. The van der Waals surface area contributed by atoms with E-state index in [1.54, 1.807) is 0 Å². The van der Waals surface area contributed by atoms with Crippen LogP contribution >= 0.6 is 11.6 Å². The Bertz CT molecular complexity index is 435. The lowest BCUT2D eigenvalue weighted by molar-refractivity contribution is 0.100. The van der Waals surface area contributed by atoms with Gasteiger partial charge in [0.2, 0.25) is 0 Å². The maximum atomic E-state index is 11.4. The highest BCUT2D eigenvalue weighted by molar-refractivity contribution is 6.31. The number of benzene rings is 1. The summed E-state index contributed by atoms with van der Waals surface area (Å²) in [6, 6.07) is 4.10. The number of nitrogens with one attached hydrogen (secondary N) is 2. The van der Waals surface area contributed by atoms with Crippen LogP contribution in [0.3, 0.4) is 0 Å². The van der Waals surface area contributed by atoms with Crippen molar-refractivity contribution in [3.8, 4) is 0 Å². The second-order valence-electron chi connectivity index (χ2n) is 3.44. The molecule has 0 spiro atoms. The summed E-state index contributed by atoms with van der Waals surface area (Å²) in [6.07, 6.45) is 0.825. The molecule has 0 heterocycles. The van der Waals surface area contributed by atoms with E-state index in [2.05, 4.69) is 10.6 Å². The fraction of sp³-hybridized carbons (Fsp3) is 0.273. The molecule has 92 valence electrons. The van der Waals surface area contributed by atoms with Gasteiger partial charge in [-0.15, -0.1) is 0 Å². The minimum atomic E-state index is -0.618. The van der Waals surface area contributed by atoms with E-state index in [9.17, 15) is 9.59 Å². The van der Waals surface area contributed by atoms with Gasteiger partial charge in [-0.2, -0.15) is 0 Å². The van der Waals surface area contributed by atoms with E-state index in [1.165, 1.54) is 18.2 Å². The van der Waals surface area contributed by atoms with Crippen LogP contribution in [-0.4, -0.2) is 18.5 Å². The van der Waals surface area contributed by atoms with Crippen molar-refractivity contribution in [2.45, 2.75) is 13.3 Å². The minimum Gasteiger partial charge on any atom is -0.366 e. The Morgan fingerprint density at radius 3 is 2.71 bits per heavy atom. The minimum absolute atomic E-state index is 0.223. The van der Waals surface area contributed by atoms with E-state index in [4.69, 9.17) is 17.3 Å². The summed E-state index contributed by atoms with van der Waals surface area (Å²) in [5, 5.41) is 5.57. The second-order valence-corrected chi connectivity index (χ2v) is 3.87. The summed E-state index contributed by atoms with van der Waals surface area (Å²) in [7, 11) is 0. The fourth-order valence-electron chi connectivity index (χ4n) is 1.24. The first kappa shape index (κ1) is 13.3. The highest BCUT2D eigenvalue weighted by Gasteiger charge is 2.10. The maximum Gasteiger partial charge on any atom is 0.319 e. The molecular formula is C11H14ClN3O2. The number of amides is 3. The first-order chi connectivity index (χ1) is 8.04. The summed E-state index contributed by atoms with van der Waals surface area (Å²) in [5.74, 6) is -0.618. The molecule has 4 N–H and O–H groups in total. The van der Waals surface area contributed by atoms with E-state index >= 15 is 0 Å². The van der Waals surface area contributed by atoms with Crippen molar-refractivity contribution < 1.29 is 9.59 Å². The van der Waals surface area contributed by atoms with E-state index in [0.29, 0.717) is 17.3 Å². The molecule has 0 fully saturated rings. The van der Waals surface area contributed by atoms with Crippen molar-refractivity contribution in [3.05, 3.63) is 28.8 Å². The second kappa shape index (κ2) is 6.10. The molecule has 0 saturated carbocycles. The summed E-state index contributed by atoms with van der Waals surface area (Å²) in [6.45, 7) is 2.49. The number of nitrogens with two attached hydrogens (primary N) is 1. The van der Waals surface area contributed by atoms with Crippen molar-refractivity contribution in [2.75, 3.05) is 11.9 Å². The topological polar surface area (TPSA) is 84.2 Å². The predicted molar refractivity (Wildman–Crippen MR) is 67.3 cm³/mol. The van der Waals surface area contributed by atoms with Crippen LogP contribution in [-0.2, 0) is 0 Å². The van der Waals surface area contributed by atoms with E-state index in [1.807, 2.05) is 6.92 Å². The molecule has 1 aromatic rings. The van der Waals surface area contributed by atoms with Crippen LogP contribution in [0.4, 0.5) is 10.5 Å². The molecule has 17 heavy (non-hydrogen) atoms. The molecule has 0 saturated heterocycles. The van der Waals surface area contributed by atoms with Gasteiger partial charge in [0.1, 0.15) is 0 Å². The SMILES string of the molecule is CCCNC(=O)Nc1cc(Cl)ccc1C(N)=O. The van der Waals surface area contributed by atoms with Crippen LogP contribution in [0.5, 0.6) is 0 Å². The normalized spacial score (nSPS) is 9.76. The smallest absolute Gasteiger partial charge is 0.319 e. The van der Waals surface area contributed by atoms with E-state index in [0.717, 1.165) is 6.42 Å². The van der Waals surface area contributed by atoms with Gasteiger partial charge in [-0.25, -0.2) is 4.79 Å². The van der Waals surface area contributed by atoms with Crippen molar-refractivity contribution in [1.29, 1.82) is 0 Å². The van der Waals surface area contributed by atoms with Crippen molar-refractivity contribution in [1.82, 2.24) is 5.32 Å². The van der Waals surface area contributed by atoms with Gasteiger partial charge in [-0.05, 0) is 24.6 Å². The number of hydrogen-bond acceptors (Lipinski definition) is 2. The predicted octanol–water partition coefficient (Wildman–Crippen LogP) is 1.97. The average molecular weight is 256 g/mol. The van der Waals surface area contributed by atoms with Crippen LogP contribution in [0.2, 0.25) is 5.02 Å². The average Bonchev–Trinajstić information content (AvgIpc) is 2.26.